The first-order chi connectivity index (χ1) is 13.4. The lowest BCUT2D eigenvalue weighted by atomic mass is 9.91. The lowest BCUT2D eigenvalue weighted by molar-refractivity contribution is -0.0882. The fourth-order valence-electron chi connectivity index (χ4n) is 2.80. The molecule has 1 heterocycles. The van der Waals surface area contributed by atoms with Crippen LogP contribution < -0.4 is 5.32 Å². The van der Waals surface area contributed by atoms with Crippen LogP contribution in [0.5, 0.6) is 0 Å². The average molecular weight is 403 g/mol. The molecule has 0 radical (unpaired) electrons. The molecule has 0 bridgehead atoms. The molecule has 1 N–H and O–H groups in total. The summed E-state index contributed by atoms with van der Waals surface area (Å²) in [5.41, 5.74) is 2.02. The molecule has 0 aliphatic carbocycles. The average Bonchev–Trinajstić information content (AvgIpc) is 3.18. The quantitative estimate of drug-likeness (QED) is 0.585. The smallest absolute Gasteiger partial charge is 0.350 e. The molecule has 3 aromatic rings. The Hall–Kier alpha value is -2.93. The molecule has 2 aromatic carbocycles. The Balaban J connectivity index is 1.74. The first-order valence-corrected chi connectivity index (χ1v) is 9.27. The van der Waals surface area contributed by atoms with E-state index in [0.29, 0.717) is 11.3 Å². The predicted molar refractivity (Wildman–Crippen MR) is 102 cm³/mol. The maximum Gasteiger partial charge on any atom is 0.455 e. The van der Waals surface area contributed by atoms with Crippen LogP contribution in [0.15, 0.2) is 72.8 Å². The number of benzene rings is 2. The van der Waals surface area contributed by atoms with Crippen molar-refractivity contribution < 1.29 is 22.8 Å². The minimum Gasteiger partial charge on any atom is -0.350 e. The number of amides is 1. The maximum absolute atomic E-state index is 12.5. The van der Waals surface area contributed by atoms with E-state index >= 15 is 0 Å². The van der Waals surface area contributed by atoms with Gasteiger partial charge >= 0.3 is 6.18 Å². The summed E-state index contributed by atoms with van der Waals surface area (Å²) in [7, 11) is 0. The van der Waals surface area contributed by atoms with Gasteiger partial charge in [-0.1, -0.05) is 60.7 Å². The van der Waals surface area contributed by atoms with Crippen LogP contribution in [-0.2, 0) is 0 Å². The van der Waals surface area contributed by atoms with Crippen molar-refractivity contribution in [1.29, 1.82) is 0 Å². The molecule has 0 aliphatic heterocycles. The van der Waals surface area contributed by atoms with Crippen LogP contribution in [0, 0.1) is 0 Å². The van der Waals surface area contributed by atoms with E-state index in [-0.39, 0.29) is 17.3 Å². The molecule has 0 atom stereocenters. The summed E-state index contributed by atoms with van der Waals surface area (Å²) in [5, 5.41) is 2.77. The summed E-state index contributed by atoms with van der Waals surface area (Å²) in [4.78, 5) is 23.3. The van der Waals surface area contributed by atoms with Gasteiger partial charge in [0, 0.05) is 12.5 Å². The summed E-state index contributed by atoms with van der Waals surface area (Å²) in [5.74, 6) is -2.56. The molecule has 0 saturated heterocycles. The minimum absolute atomic E-state index is 0.0625. The van der Waals surface area contributed by atoms with Crippen molar-refractivity contribution in [3.63, 3.8) is 0 Å². The standard InChI is InChI=1S/C21H16F3NO2S/c22-21(23,24)19(26)17-11-12-18(28-17)20(27)25-13-16(14-7-3-1-4-8-14)15-9-5-2-6-10-15/h1-12,16H,13H2,(H,25,27). The van der Waals surface area contributed by atoms with Crippen LogP contribution in [0.3, 0.4) is 0 Å². The van der Waals surface area contributed by atoms with Gasteiger partial charge in [0.2, 0.25) is 0 Å². The molecule has 3 rings (SSSR count). The van der Waals surface area contributed by atoms with E-state index in [9.17, 15) is 22.8 Å². The van der Waals surface area contributed by atoms with E-state index in [1.165, 1.54) is 6.07 Å². The van der Waals surface area contributed by atoms with Gasteiger partial charge in [-0.05, 0) is 23.3 Å². The molecule has 0 saturated carbocycles. The summed E-state index contributed by atoms with van der Waals surface area (Å²) in [6.45, 7) is 0.271. The first-order valence-electron chi connectivity index (χ1n) is 8.45. The normalized spacial score (nSPS) is 11.4. The predicted octanol–water partition coefficient (Wildman–Crippen LogP) is 5.06. The van der Waals surface area contributed by atoms with Crippen molar-refractivity contribution in [1.82, 2.24) is 5.32 Å². The Labute approximate surface area is 163 Å². The minimum atomic E-state index is -4.95. The number of carbonyl (C=O) groups is 2. The molecule has 1 aromatic heterocycles. The van der Waals surface area contributed by atoms with Gasteiger partial charge in [0.1, 0.15) is 0 Å². The number of hydrogen-bond donors (Lipinski definition) is 1. The summed E-state index contributed by atoms with van der Waals surface area (Å²) in [6.07, 6.45) is -4.95. The van der Waals surface area contributed by atoms with E-state index in [2.05, 4.69) is 5.32 Å². The molecule has 7 heteroatoms. The Morgan fingerprint density at radius 3 is 1.82 bits per heavy atom. The highest BCUT2D eigenvalue weighted by Crippen LogP contribution is 2.27. The fourth-order valence-corrected chi connectivity index (χ4v) is 3.68. The van der Waals surface area contributed by atoms with Crippen LogP contribution in [-0.4, -0.2) is 24.4 Å². The second-order valence-electron chi connectivity index (χ2n) is 6.07. The highest BCUT2D eigenvalue weighted by molar-refractivity contribution is 7.16. The number of halogens is 3. The van der Waals surface area contributed by atoms with Crippen LogP contribution in [0.2, 0.25) is 0 Å². The number of rotatable bonds is 6. The molecule has 0 aliphatic rings. The highest BCUT2D eigenvalue weighted by Gasteiger charge is 2.40. The van der Waals surface area contributed by atoms with Gasteiger partial charge < -0.3 is 5.32 Å². The van der Waals surface area contributed by atoms with Crippen molar-refractivity contribution in [2.45, 2.75) is 12.1 Å². The number of nitrogens with one attached hydrogen (secondary N) is 1. The largest absolute Gasteiger partial charge is 0.455 e. The number of ketones is 1. The van der Waals surface area contributed by atoms with E-state index in [0.717, 1.165) is 17.2 Å². The molecule has 28 heavy (non-hydrogen) atoms. The summed E-state index contributed by atoms with van der Waals surface area (Å²) < 4.78 is 37.6. The fraction of sp³-hybridized carbons (Fsp3) is 0.143. The van der Waals surface area contributed by atoms with Gasteiger partial charge in [-0.2, -0.15) is 13.2 Å². The van der Waals surface area contributed by atoms with Gasteiger partial charge in [-0.25, -0.2) is 0 Å². The topological polar surface area (TPSA) is 46.2 Å². The van der Waals surface area contributed by atoms with Crippen molar-refractivity contribution in [2.75, 3.05) is 6.54 Å². The van der Waals surface area contributed by atoms with E-state index < -0.39 is 22.7 Å². The SMILES string of the molecule is O=C(NCC(c1ccccc1)c1ccccc1)c1ccc(C(=O)C(F)(F)F)s1. The van der Waals surface area contributed by atoms with E-state index in [1.807, 2.05) is 60.7 Å². The number of thiophene rings is 1. The van der Waals surface area contributed by atoms with Crippen molar-refractivity contribution in [3.05, 3.63) is 93.7 Å². The van der Waals surface area contributed by atoms with E-state index in [4.69, 9.17) is 0 Å². The monoisotopic (exact) mass is 403 g/mol. The second-order valence-corrected chi connectivity index (χ2v) is 7.16. The lowest BCUT2D eigenvalue weighted by Crippen LogP contribution is -2.28. The van der Waals surface area contributed by atoms with Crippen molar-refractivity contribution in [2.24, 2.45) is 0 Å². The number of carbonyl (C=O) groups excluding carboxylic acids is 2. The molecular weight excluding hydrogens is 387 g/mol. The Morgan fingerprint density at radius 1 is 0.821 bits per heavy atom. The zero-order valence-electron chi connectivity index (χ0n) is 14.6. The van der Waals surface area contributed by atoms with Crippen LogP contribution in [0.4, 0.5) is 13.2 Å². The Kier molecular flexibility index (Phi) is 5.94. The van der Waals surface area contributed by atoms with E-state index in [1.54, 1.807) is 0 Å². The zero-order valence-corrected chi connectivity index (χ0v) is 15.4. The summed E-state index contributed by atoms with van der Waals surface area (Å²) >= 11 is 0.538. The second kappa shape index (κ2) is 8.39. The number of hydrogen-bond acceptors (Lipinski definition) is 3. The molecule has 1 amide bonds. The van der Waals surface area contributed by atoms with Gasteiger partial charge in [-0.15, -0.1) is 11.3 Å². The number of alkyl halides is 3. The third-order valence-electron chi connectivity index (χ3n) is 4.18. The van der Waals surface area contributed by atoms with Crippen LogP contribution in [0.1, 0.15) is 36.4 Å². The van der Waals surface area contributed by atoms with Crippen LogP contribution in [0.25, 0.3) is 0 Å². The molecule has 0 spiro atoms. The maximum atomic E-state index is 12.5. The molecular formula is C21H16F3NO2S. The van der Waals surface area contributed by atoms with Gasteiger partial charge in [0.25, 0.3) is 11.7 Å². The highest BCUT2D eigenvalue weighted by atomic mass is 32.1. The Bertz CT molecular complexity index is 913. The number of Topliss-reactive ketones (excluding diaryl/α,β-unsaturated/α-hetero) is 1. The van der Waals surface area contributed by atoms with Crippen molar-refractivity contribution in [3.8, 4) is 0 Å². The Morgan fingerprint density at radius 2 is 1.32 bits per heavy atom. The third-order valence-corrected chi connectivity index (χ3v) is 5.26. The van der Waals surface area contributed by atoms with Gasteiger partial charge in [-0.3, -0.25) is 9.59 Å². The lowest BCUT2D eigenvalue weighted by Gasteiger charge is -2.18. The molecule has 3 nitrogen and oxygen atoms in total. The molecule has 144 valence electrons. The van der Waals surface area contributed by atoms with Crippen LogP contribution >= 0.6 is 11.3 Å². The third kappa shape index (κ3) is 4.67. The summed E-state index contributed by atoms with van der Waals surface area (Å²) in [6, 6.07) is 21.5. The zero-order chi connectivity index (χ0) is 20.1. The van der Waals surface area contributed by atoms with Gasteiger partial charge in [0.15, 0.2) is 0 Å². The molecule has 0 fully saturated rings. The van der Waals surface area contributed by atoms with Crippen molar-refractivity contribution >= 4 is 23.0 Å². The van der Waals surface area contributed by atoms with Gasteiger partial charge in [0.05, 0.1) is 9.75 Å². The first kappa shape index (κ1) is 19.8. The molecule has 0 unspecified atom stereocenters.